The molecule has 2 unspecified atom stereocenters. The number of halogens is 3. The van der Waals surface area contributed by atoms with Gasteiger partial charge in [-0.2, -0.15) is 13.2 Å². The Morgan fingerprint density at radius 1 is 1.29 bits per heavy atom. The van der Waals surface area contributed by atoms with E-state index in [1.54, 1.807) is 13.8 Å². The zero-order chi connectivity index (χ0) is 16.2. The van der Waals surface area contributed by atoms with E-state index >= 15 is 0 Å². The molecule has 0 aliphatic heterocycles. The highest BCUT2D eigenvalue weighted by atomic mass is 19.4. The topological polar surface area (TPSA) is 57.6 Å². The lowest BCUT2D eigenvalue weighted by Gasteiger charge is -2.35. The van der Waals surface area contributed by atoms with Gasteiger partial charge >= 0.3 is 12.1 Å². The SMILES string of the molecule is CC(C)N(CCC(=O)O)C(=O)C1CCCC(C(F)(F)F)C1. The number of rotatable bonds is 5. The van der Waals surface area contributed by atoms with E-state index in [0.29, 0.717) is 12.8 Å². The average Bonchev–Trinajstić information content (AvgIpc) is 2.37. The summed E-state index contributed by atoms with van der Waals surface area (Å²) in [7, 11) is 0. The van der Waals surface area contributed by atoms with Crippen molar-refractivity contribution in [2.75, 3.05) is 6.54 Å². The number of hydrogen-bond donors (Lipinski definition) is 1. The van der Waals surface area contributed by atoms with Crippen LogP contribution in [0, 0.1) is 11.8 Å². The number of carbonyl (C=O) groups excluding carboxylic acids is 1. The Morgan fingerprint density at radius 3 is 2.38 bits per heavy atom. The van der Waals surface area contributed by atoms with E-state index < -0.39 is 24.0 Å². The molecule has 1 aliphatic rings. The molecular formula is C14H22F3NO3. The molecule has 2 atom stereocenters. The number of amides is 1. The third-order valence-electron chi connectivity index (χ3n) is 3.96. The average molecular weight is 309 g/mol. The quantitative estimate of drug-likeness (QED) is 0.849. The summed E-state index contributed by atoms with van der Waals surface area (Å²) in [4.78, 5) is 24.4. The van der Waals surface area contributed by atoms with Gasteiger partial charge in [0.15, 0.2) is 0 Å². The fourth-order valence-electron chi connectivity index (χ4n) is 2.78. The summed E-state index contributed by atoms with van der Waals surface area (Å²) < 4.78 is 38.4. The highest BCUT2D eigenvalue weighted by Crippen LogP contribution is 2.40. The Hall–Kier alpha value is -1.27. The van der Waals surface area contributed by atoms with E-state index in [9.17, 15) is 22.8 Å². The fourth-order valence-corrected chi connectivity index (χ4v) is 2.78. The minimum absolute atomic E-state index is 0.0407. The Balaban J connectivity index is 2.72. The van der Waals surface area contributed by atoms with Crippen molar-refractivity contribution in [3.8, 4) is 0 Å². The van der Waals surface area contributed by atoms with Crippen molar-refractivity contribution in [1.29, 1.82) is 0 Å². The van der Waals surface area contributed by atoms with Gasteiger partial charge in [0, 0.05) is 18.5 Å². The van der Waals surface area contributed by atoms with Crippen molar-refractivity contribution in [1.82, 2.24) is 4.90 Å². The van der Waals surface area contributed by atoms with Gasteiger partial charge in [-0.1, -0.05) is 6.42 Å². The predicted molar refractivity (Wildman–Crippen MR) is 70.6 cm³/mol. The number of alkyl halides is 3. The summed E-state index contributed by atoms with van der Waals surface area (Å²) in [6, 6.07) is -0.219. The minimum atomic E-state index is -4.26. The maximum Gasteiger partial charge on any atom is 0.391 e. The van der Waals surface area contributed by atoms with Gasteiger partial charge in [0.1, 0.15) is 0 Å². The lowest BCUT2D eigenvalue weighted by Crippen LogP contribution is -2.44. The van der Waals surface area contributed by atoms with Crippen molar-refractivity contribution >= 4 is 11.9 Å². The molecule has 0 bridgehead atoms. The molecule has 1 rings (SSSR count). The summed E-state index contributed by atoms with van der Waals surface area (Å²) in [5, 5.41) is 8.70. The van der Waals surface area contributed by atoms with E-state index in [0.717, 1.165) is 0 Å². The summed E-state index contributed by atoms with van der Waals surface area (Å²) in [6.07, 6.45) is -3.74. The van der Waals surface area contributed by atoms with Gasteiger partial charge in [-0.3, -0.25) is 9.59 Å². The summed E-state index contributed by atoms with van der Waals surface area (Å²) >= 11 is 0. The second-order valence-corrected chi connectivity index (χ2v) is 5.87. The third kappa shape index (κ3) is 5.21. The third-order valence-corrected chi connectivity index (χ3v) is 3.96. The molecule has 21 heavy (non-hydrogen) atoms. The molecule has 0 heterocycles. The summed E-state index contributed by atoms with van der Waals surface area (Å²) in [6.45, 7) is 3.52. The van der Waals surface area contributed by atoms with Gasteiger partial charge in [0.25, 0.3) is 0 Å². The van der Waals surface area contributed by atoms with Gasteiger partial charge < -0.3 is 10.0 Å². The Bertz CT molecular complexity index is 382. The van der Waals surface area contributed by atoms with Crippen molar-refractivity contribution in [2.24, 2.45) is 11.8 Å². The molecule has 0 saturated heterocycles. The molecule has 1 saturated carbocycles. The van der Waals surface area contributed by atoms with Crippen LogP contribution in [-0.4, -0.2) is 40.6 Å². The number of nitrogens with zero attached hydrogens (tertiary/aromatic N) is 1. The fraction of sp³-hybridized carbons (Fsp3) is 0.857. The first-order valence-electron chi connectivity index (χ1n) is 7.22. The van der Waals surface area contributed by atoms with E-state index in [-0.39, 0.29) is 37.8 Å². The van der Waals surface area contributed by atoms with Crippen LogP contribution in [-0.2, 0) is 9.59 Å². The molecule has 0 spiro atoms. The highest BCUT2D eigenvalue weighted by Gasteiger charge is 2.44. The molecule has 1 aliphatic carbocycles. The molecule has 1 fully saturated rings. The van der Waals surface area contributed by atoms with Gasteiger partial charge in [-0.25, -0.2) is 0 Å². The van der Waals surface area contributed by atoms with Crippen LogP contribution in [0.3, 0.4) is 0 Å². The summed E-state index contributed by atoms with van der Waals surface area (Å²) in [5.41, 5.74) is 0. The van der Waals surface area contributed by atoms with Crippen LogP contribution in [0.25, 0.3) is 0 Å². The zero-order valence-electron chi connectivity index (χ0n) is 12.3. The van der Waals surface area contributed by atoms with Crippen LogP contribution in [0.2, 0.25) is 0 Å². The van der Waals surface area contributed by atoms with Crippen molar-refractivity contribution < 1.29 is 27.9 Å². The van der Waals surface area contributed by atoms with Gasteiger partial charge in [0.05, 0.1) is 12.3 Å². The smallest absolute Gasteiger partial charge is 0.391 e. The maximum absolute atomic E-state index is 12.8. The van der Waals surface area contributed by atoms with Crippen LogP contribution in [0.4, 0.5) is 13.2 Å². The first-order chi connectivity index (χ1) is 9.62. The van der Waals surface area contributed by atoms with Crippen molar-refractivity contribution in [3.05, 3.63) is 0 Å². The Labute approximate surface area is 122 Å². The first-order valence-corrected chi connectivity index (χ1v) is 7.22. The number of hydrogen-bond acceptors (Lipinski definition) is 2. The van der Waals surface area contributed by atoms with Crippen LogP contribution >= 0.6 is 0 Å². The second kappa shape index (κ2) is 7.13. The number of aliphatic carboxylic acids is 1. The minimum Gasteiger partial charge on any atom is -0.481 e. The van der Waals surface area contributed by atoms with E-state index in [1.165, 1.54) is 4.90 Å². The second-order valence-electron chi connectivity index (χ2n) is 5.87. The molecule has 7 heteroatoms. The number of carbonyl (C=O) groups is 2. The molecule has 0 aromatic rings. The van der Waals surface area contributed by atoms with Crippen molar-refractivity contribution in [3.63, 3.8) is 0 Å². The standard InChI is InChI=1S/C14H22F3NO3/c1-9(2)18(7-6-12(19)20)13(21)10-4-3-5-11(8-10)14(15,16)17/h9-11H,3-8H2,1-2H3,(H,19,20). The molecule has 0 aromatic carbocycles. The zero-order valence-corrected chi connectivity index (χ0v) is 12.3. The maximum atomic E-state index is 12.8. The van der Waals surface area contributed by atoms with Crippen LogP contribution in [0.5, 0.6) is 0 Å². The van der Waals surface area contributed by atoms with Gasteiger partial charge in [-0.15, -0.1) is 0 Å². The van der Waals surface area contributed by atoms with E-state index in [4.69, 9.17) is 5.11 Å². The first kappa shape index (κ1) is 17.8. The lowest BCUT2D eigenvalue weighted by molar-refractivity contribution is -0.187. The van der Waals surface area contributed by atoms with Gasteiger partial charge in [-0.05, 0) is 33.1 Å². The predicted octanol–water partition coefficient (Wildman–Crippen LogP) is 3.07. The molecule has 4 nitrogen and oxygen atoms in total. The lowest BCUT2D eigenvalue weighted by atomic mass is 9.80. The monoisotopic (exact) mass is 309 g/mol. The Morgan fingerprint density at radius 2 is 1.90 bits per heavy atom. The molecule has 1 N–H and O–H groups in total. The molecule has 0 radical (unpaired) electrons. The highest BCUT2D eigenvalue weighted by molar-refractivity contribution is 5.80. The van der Waals surface area contributed by atoms with Crippen molar-refractivity contribution in [2.45, 2.75) is 58.2 Å². The molecule has 1 amide bonds. The Kier molecular flexibility index (Phi) is 6.04. The largest absolute Gasteiger partial charge is 0.481 e. The number of carboxylic acid groups (broad SMARTS) is 1. The van der Waals surface area contributed by atoms with E-state index in [2.05, 4.69) is 0 Å². The van der Waals surface area contributed by atoms with Crippen LogP contribution in [0.1, 0.15) is 46.0 Å². The van der Waals surface area contributed by atoms with Crippen LogP contribution in [0.15, 0.2) is 0 Å². The normalized spacial score (nSPS) is 23.1. The van der Waals surface area contributed by atoms with E-state index in [1.807, 2.05) is 0 Å². The summed E-state index contributed by atoms with van der Waals surface area (Å²) in [5.74, 6) is -3.44. The van der Waals surface area contributed by atoms with Gasteiger partial charge in [0.2, 0.25) is 5.91 Å². The molecular weight excluding hydrogens is 287 g/mol. The molecule has 122 valence electrons. The van der Waals surface area contributed by atoms with Crippen LogP contribution < -0.4 is 0 Å². The molecule has 0 aromatic heterocycles. The number of carboxylic acids is 1.